The molecule has 0 heterocycles. The van der Waals surface area contributed by atoms with Crippen LogP contribution < -0.4 is 10.0 Å². The van der Waals surface area contributed by atoms with Gasteiger partial charge in [0.25, 0.3) is 0 Å². The number of carbonyl (C=O) groups excluding carboxylic acids is 1. The van der Waals surface area contributed by atoms with E-state index in [1.165, 1.54) is 4.90 Å². The molecule has 0 aromatic rings. The zero-order valence-electron chi connectivity index (χ0n) is 13.0. The molecular weight excluding hydrogens is 298 g/mol. The van der Waals surface area contributed by atoms with Crippen molar-refractivity contribution in [1.82, 2.24) is 14.9 Å². The molecule has 0 aliphatic rings. The summed E-state index contributed by atoms with van der Waals surface area (Å²) < 4.78 is 25.2. The third-order valence-electron chi connectivity index (χ3n) is 2.62. The normalized spacial score (nSPS) is 12.0. The van der Waals surface area contributed by atoms with E-state index in [4.69, 9.17) is 5.11 Å². The third kappa shape index (κ3) is 8.51. The average molecular weight is 323 g/mol. The lowest BCUT2D eigenvalue weighted by Crippen LogP contribution is -2.52. The smallest absolute Gasteiger partial charge is 0.317 e. The first kappa shape index (κ1) is 19.7. The highest BCUT2D eigenvalue weighted by atomic mass is 32.2. The molecule has 9 heteroatoms. The molecule has 0 spiro atoms. The van der Waals surface area contributed by atoms with Gasteiger partial charge in [-0.2, -0.15) is 0 Å². The number of aliphatic carboxylic acids is 1. The predicted molar refractivity (Wildman–Crippen MR) is 79.6 cm³/mol. The van der Waals surface area contributed by atoms with E-state index in [1.807, 2.05) is 0 Å². The lowest BCUT2D eigenvalue weighted by atomic mass is 10.1. The topological polar surface area (TPSA) is 116 Å². The van der Waals surface area contributed by atoms with E-state index in [-0.39, 0.29) is 25.3 Å². The van der Waals surface area contributed by atoms with Gasteiger partial charge in [-0.05, 0) is 20.8 Å². The summed E-state index contributed by atoms with van der Waals surface area (Å²) in [5.41, 5.74) is -0.555. The van der Waals surface area contributed by atoms with Crippen molar-refractivity contribution in [3.8, 4) is 0 Å². The molecular formula is C12H25N3O5S. The van der Waals surface area contributed by atoms with Crippen molar-refractivity contribution in [3.05, 3.63) is 0 Å². The molecule has 0 aliphatic heterocycles. The van der Waals surface area contributed by atoms with Gasteiger partial charge in [-0.3, -0.25) is 4.79 Å². The molecule has 0 saturated heterocycles. The van der Waals surface area contributed by atoms with E-state index in [9.17, 15) is 18.0 Å². The highest BCUT2D eigenvalue weighted by molar-refractivity contribution is 7.89. The van der Waals surface area contributed by atoms with Crippen molar-refractivity contribution in [2.75, 3.05) is 25.4 Å². The molecule has 0 saturated carbocycles. The average Bonchev–Trinajstić information content (AvgIpc) is 2.26. The van der Waals surface area contributed by atoms with Gasteiger partial charge in [0.2, 0.25) is 10.0 Å². The van der Waals surface area contributed by atoms with Crippen LogP contribution in [0.25, 0.3) is 0 Å². The van der Waals surface area contributed by atoms with Gasteiger partial charge in [0.1, 0.15) is 0 Å². The maximum Gasteiger partial charge on any atom is 0.317 e. The first-order chi connectivity index (χ1) is 9.49. The molecule has 8 nitrogen and oxygen atoms in total. The van der Waals surface area contributed by atoms with Crippen LogP contribution in [0.5, 0.6) is 0 Å². The monoisotopic (exact) mass is 323 g/mol. The van der Waals surface area contributed by atoms with Gasteiger partial charge in [0, 0.05) is 25.2 Å². The molecule has 3 N–H and O–H groups in total. The molecule has 0 bridgehead atoms. The second-order valence-electron chi connectivity index (χ2n) is 5.51. The fourth-order valence-corrected chi connectivity index (χ4v) is 2.58. The SMILES string of the molecule is CCNS(=O)(=O)CCNC(=O)N(CCC(=O)O)C(C)(C)C. The standard InChI is InChI=1S/C12H25N3O5S/c1-5-14-21(19,20)9-7-13-11(18)15(12(2,3)4)8-6-10(16)17/h14H,5-9H2,1-4H3,(H,13,18)(H,16,17). The number of sulfonamides is 1. The summed E-state index contributed by atoms with van der Waals surface area (Å²) in [6.07, 6.45) is -0.166. The van der Waals surface area contributed by atoms with Crippen molar-refractivity contribution in [3.63, 3.8) is 0 Å². The van der Waals surface area contributed by atoms with Gasteiger partial charge >= 0.3 is 12.0 Å². The first-order valence-electron chi connectivity index (χ1n) is 6.74. The summed E-state index contributed by atoms with van der Waals surface area (Å²) in [4.78, 5) is 24.1. The van der Waals surface area contributed by atoms with Crippen LogP contribution in [0.3, 0.4) is 0 Å². The van der Waals surface area contributed by atoms with E-state index in [0.29, 0.717) is 6.54 Å². The second kappa shape index (κ2) is 8.18. The Bertz CT molecular complexity index is 456. The summed E-state index contributed by atoms with van der Waals surface area (Å²) in [5.74, 6) is -1.21. The van der Waals surface area contributed by atoms with E-state index in [1.54, 1.807) is 27.7 Å². The summed E-state index contributed by atoms with van der Waals surface area (Å²) >= 11 is 0. The highest BCUT2D eigenvalue weighted by Gasteiger charge is 2.26. The number of hydrogen-bond acceptors (Lipinski definition) is 4. The fourth-order valence-electron chi connectivity index (χ4n) is 1.63. The van der Waals surface area contributed by atoms with Gasteiger partial charge in [0.05, 0.1) is 12.2 Å². The van der Waals surface area contributed by atoms with Crippen LogP contribution in [0.1, 0.15) is 34.1 Å². The number of nitrogens with one attached hydrogen (secondary N) is 2. The second-order valence-corrected chi connectivity index (χ2v) is 7.44. The van der Waals surface area contributed by atoms with Gasteiger partial charge in [-0.1, -0.05) is 6.92 Å². The van der Waals surface area contributed by atoms with E-state index in [0.717, 1.165) is 0 Å². The Morgan fingerprint density at radius 3 is 2.24 bits per heavy atom. The van der Waals surface area contributed by atoms with E-state index in [2.05, 4.69) is 10.0 Å². The molecule has 0 radical (unpaired) electrons. The highest BCUT2D eigenvalue weighted by Crippen LogP contribution is 2.13. The van der Waals surface area contributed by atoms with Crippen LogP contribution in [0.2, 0.25) is 0 Å². The largest absolute Gasteiger partial charge is 0.481 e. The molecule has 0 aromatic heterocycles. The summed E-state index contributed by atoms with van der Waals surface area (Å²) in [6.45, 7) is 7.34. The molecule has 0 fully saturated rings. The summed E-state index contributed by atoms with van der Waals surface area (Å²) in [7, 11) is -3.39. The van der Waals surface area contributed by atoms with Crippen LogP contribution in [0.15, 0.2) is 0 Å². The molecule has 0 unspecified atom stereocenters. The molecule has 0 aliphatic carbocycles. The Morgan fingerprint density at radius 2 is 1.81 bits per heavy atom. The zero-order valence-corrected chi connectivity index (χ0v) is 13.8. The maximum absolute atomic E-state index is 12.1. The number of carbonyl (C=O) groups is 2. The quantitative estimate of drug-likeness (QED) is 0.590. The zero-order chi connectivity index (χ0) is 16.7. The Kier molecular flexibility index (Phi) is 7.65. The Hall–Kier alpha value is -1.35. The minimum atomic E-state index is -3.39. The Balaban J connectivity index is 4.52. The van der Waals surface area contributed by atoms with Crippen LogP contribution in [0, 0.1) is 0 Å². The van der Waals surface area contributed by atoms with Crippen LogP contribution >= 0.6 is 0 Å². The van der Waals surface area contributed by atoms with E-state index >= 15 is 0 Å². The fraction of sp³-hybridized carbons (Fsp3) is 0.833. The maximum atomic E-state index is 12.1. The molecule has 0 rings (SSSR count). The van der Waals surface area contributed by atoms with E-state index < -0.39 is 27.6 Å². The van der Waals surface area contributed by atoms with Gasteiger partial charge in [-0.25, -0.2) is 17.9 Å². The minimum Gasteiger partial charge on any atom is -0.481 e. The Morgan fingerprint density at radius 1 is 1.24 bits per heavy atom. The van der Waals surface area contributed by atoms with Gasteiger partial charge in [-0.15, -0.1) is 0 Å². The van der Waals surface area contributed by atoms with Gasteiger partial charge in [0.15, 0.2) is 0 Å². The minimum absolute atomic E-state index is 0.0339. The van der Waals surface area contributed by atoms with Crippen molar-refractivity contribution in [1.29, 1.82) is 0 Å². The number of urea groups is 1. The lowest BCUT2D eigenvalue weighted by molar-refractivity contribution is -0.137. The number of rotatable bonds is 8. The van der Waals surface area contributed by atoms with Crippen molar-refractivity contribution in [2.24, 2.45) is 0 Å². The Labute approximate surface area is 125 Å². The molecule has 0 aromatic carbocycles. The third-order valence-corrected chi connectivity index (χ3v) is 4.09. The lowest BCUT2D eigenvalue weighted by Gasteiger charge is -2.35. The number of hydrogen-bond donors (Lipinski definition) is 3. The predicted octanol–water partition coefficient (Wildman–Crippen LogP) is 0.211. The first-order valence-corrected chi connectivity index (χ1v) is 8.39. The number of nitrogens with zero attached hydrogens (tertiary/aromatic N) is 1. The number of carboxylic acids is 1. The van der Waals surface area contributed by atoms with Crippen molar-refractivity contribution >= 4 is 22.0 Å². The molecule has 124 valence electrons. The summed E-state index contributed by atoms with van der Waals surface area (Å²) in [6, 6.07) is -0.476. The van der Waals surface area contributed by atoms with Crippen LogP contribution in [0.4, 0.5) is 4.79 Å². The summed E-state index contributed by atoms with van der Waals surface area (Å²) in [5, 5.41) is 11.2. The molecule has 0 atom stereocenters. The number of amides is 2. The van der Waals surface area contributed by atoms with Crippen molar-refractivity contribution < 1.29 is 23.1 Å². The van der Waals surface area contributed by atoms with Crippen molar-refractivity contribution in [2.45, 2.75) is 39.7 Å². The van der Waals surface area contributed by atoms with Crippen LogP contribution in [-0.4, -0.2) is 61.4 Å². The van der Waals surface area contributed by atoms with Gasteiger partial charge < -0.3 is 15.3 Å². The molecule has 21 heavy (non-hydrogen) atoms. The molecule has 2 amide bonds. The van der Waals surface area contributed by atoms with Crippen LogP contribution in [-0.2, 0) is 14.8 Å². The number of carboxylic acid groups (broad SMARTS) is 1.